The van der Waals surface area contributed by atoms with Crippen molar-refractivity contribution in [2.45, 2.75) is 6.54 Å². The normalized spacial score (nSPS) is 10.8. The molecule has 0 amide bonds. The van der Waals surface area contributed by atoms with E-state index in [9.17, 15) is 9.90 Å². The molecule has 1 N–H and O–H groups in total. The predicted octanol–water partition coefficient (Wildman–Crippen LogP) is 3.31. The molecule has 0 saturated heterocycles. The third kappa shape index (κ3) is 2.81. The second-order valence-electron chi connectivity index (χ2n) is 4.47. The highest BCUT2D eigenvalue weighted by molar-refractivity contribution is 6.03. The molecule has 0 atom stereocenters. The molecule has 2 rings (SSSR count). The minimum atomic E-state index is -0.970. The molecule has 0 aliphatic rings. The lowest BCUT2D eigenvalue weighted by Gasteiger charge is -2.17. The molecule has 0 fully saturated rings. The van der Waals surface area contributed by atoms with Gasteiger partial charge in [0.1, 0.15) is 16.9 Å². The maximum Gasteiger partial charge on any atom is 0.339 e. The molecule has 0 saturated carbocycles. The highest BCUT2D eigenvalue weighted by Crippen LogP contribution is 2.26. The van der Waals surface area contributed by atoms with E-state index in [2.05, 4.69) is 13.2 Å². The number of hydrogen-bond donors (Lipinski definition) is 1. The van der Waals surface area contributed by atoms with E-state index in [1.54, 1.807) is 30.4 Å². The minimum Gasteiger partial charge on any atom is -0.478 e. The predicted molar refractivity (Wildman–Crippen MR) is 78.8 cm³/mol. The average molecular weight is 271 g/mol. The van der Waals surface area contributed by atoms with Gasteiger partial charge in [0.05, 0.1) is 6.54 Å². The van der Waals surface area contributed by atoms with Gasteiger partial charge < -0.3 is 9.52 Å². The van der Waals surface area contributed by atoms with Crippen LogP contribution < -0.4 is 0 Å². The summed E-state index contributed by atoms with van der Waals surface area (Å²) in [4.78, 5) is 13.5. The minimum absolute atomic E-state index is 0.235. The fourth-order valence-electron chi connectivity index (χ4n) is 2.21. The molecule has 1 aromatic heterocycles. The first-order valence-electron chi connectivity index (χ1n) is 6.35. The van der Waals surface area contributed by atoms with Crippen LogP contribution in [0.15, 0.2) is 54.0 Å². The number of aromatic carboxylic acids is 1. The van der Waals surface area contributed by atoms with Crippen molar-refractivity contribution < 1.29 is 14.3 Å². The summed E-state index contributed by atoms with van der Waals surface area (Å²) in [6, 6.07) is 7.17. The summed E-state index contributed by atoms with van der Waals surface area (Å²) in [5.74, 6) is -0.510. The molecule has 20 heavy (non-hydrogen) atoms. The van der Waals surface area contributed by atoms with E-state index in [0.717, 1.165) is 0 Å². The number of hydrogen-bond acceptors (Lipinski definition) is 3. The summed E-state index contributed by atoms with van der Waals surface area (Å²) in [7, 11) is 0. The zero-order valence-corrected chi connectivity index (χ0v) is 11.2. The fraction of sp³-hybridized carbons (Fsp3) is 0.188. The molecule has 0 bridgehead atoms. The molecule has 0 aliphatic heterocycles. The Morgan fingerprint density at radius 1 is 1.25 bits per heavy atom. The molecule has 0 aliphatic carbocycles. The SMILES string of the molecule is C=CCN(CC=C)Cc1oc2ccccc2c1C(=O)O. The summed E-state index contributed by atoms with van der Waals surface area (Å²) in [5, 5.41) is 10.0. The standard InChI is InChI=1S/C16H17NO3/c1-3-9-17(10-4-2)11-14-15(16(18)19)12-7-5-6-8-13(12)20-14/h3-8H,1-2,9-11H2,(H,18,19). The topological polar surface area (TPSA) is 53.7 Å². The quantitative estimate of drug-likeness (QED) is 0.785. The van der Waals surface area contributed by atoms with Crippen LogP contribution in [0, 0.1) is 0 Å². The Hall–Kier alpha value is -2.33. The first-order valence-corrected chi connectivity index (χ1v) is 6.35. The molecular formula is C16H17NO3. The first-order chi connectivity index (χ1) is 9.67. The van der Waals surface area contributed by atoms with Crippen LogP contribution in [0.2, 0.25) is 0 Å². The van der Waals surface area contributed by atoms with Crippen LogP contribution in [0.1, 0.15) is 16.1 Å². The van der Waals surface area contributed by atoms with Crippen molar-refractivity contribution in [3.8, 4) is 0 Å². The van der Waals surface area contributed by atoms with E-state index in [1.807, 2.05) is 11.0 Å². The molecule has 0 unspecified atom stereocenters. The van der Waals surface area contributed by atoms with Gasteiger partial charge in [0, 0.05) is 18.5 Å². The van der Waals surface area contributed by atoms with E-state index >= 15 is 0 Å². The smallest absolute Gasteiger partial charge is 0.339 e. The molecular weight excluding hydrogens is 254 g/mol. The van der Waals surface area contributed by atoms with Gasteiger partial charge in [0.15, 0.2) is 0 Å². The Morgan fingerprint density at radius 2 is 1.90 bits per heavy atom. The molecule has 2 aromatic rings. The van der Waals surface area contributed by atoms with Gasteiger partial charge >= 0.3 is 5.97 Å². The van der Waals surface area contributed by atoms with E-state index < -0.39 is 5.97 Å². The number of nitrogens with zero attached hydrogens (tertiary/aromatic N) is 1. The lowest BCUT2D eigenvalue weighted by Crippen LogP contribution is -2.24. The Morgan fingerprint density at radius 3 is 2.50 bits per heavy atom. The lowest BCUT2D eigenvalue weighted by atomic mass is 10.1. The van der Waals surface area contributed by atoms with Crippen LogP contribution in [-0.2, 0) is 6.54 Å². The fourth-order valence-corrected chi connectivity index (χ4v) is 2.21. The number of para-hydroxylation sites is 1. The Bertz CT molecular complexity index is 632. The van der Waals surface area contributed by atoms with Gasteiger partial charge in [-0.05, 0) is 6.07 Å². The van der Waals surface area contributed by atoms with Crippen molar-refractivity contribution >= 4 is 16.9 Å². The highest BCUT2D eigenvalue weighted by atomic mass is 16.4. The number of carboxylic acid groups (broad SMARTS) is 1. The number of carbonyl (C=O) groups is 1. The molecule has 1 aromatic carbocycles. The maximum absolute atomic E-state index is 11.5. The largest absolute Gasteiger partial charge is 0.478 e. The van der Waals surface area contributed by atoms with Gasteiger partial charge in [0.2, 0.25) is 0 Å². The van der Waals surface area contributed by atoms with Gasteiger partial charge in [-0.2, -0.15) is 0 Å². The van der Waals surface area contributed by atoms with Gasteiger partial charge in [-0.15, -0.1) is 13.2 Å². The molecule has 1 heterocycles. The van der Waals surface area contributed by atoms with Crippen LogP contribution in [0.5, 0.6) is 0 Å². The van der Waals surface area contributed by atoms with Crippen molar-refractivity contribution in [2.24, 2.45) is 0 Å². The monoisotopic (exact) mass is 271 g/mol. The average Bonchev–Trinajstić information content (AvgIpc) is 2.77. The Balaban J connectivity index is 2.42. The first kappa shape index (κ1) is 14.1. The molecule has 4 nitrogen and oxygen atoms in total. The van der Waals surface area contributed by atoms with Crippen molar-refractivity contribution in [3.63, 3.8) is 0 Å². The Labute approximate surface area is 117 Å². The Kier molecular flexibility index (Phi) is 4.38. The van der Waals surface area contributed by atoms with E-state index in [0.29, 0.717) is 36.4 Å². The molecule has 4 heteroatoms. The number of furan rings is 1. The molecule has 0 spiro atoms. The van der Waals surface area contributed by atoms with Crippen LogP contribution in [0.25, 0.3) is 11.0 Å². The van der Waals surface area contributed by atoms with Gasteiger partial charge in [-0.3, -0.25) is 4.90 Å². The summed E-state index contributed by atoms with van der Waals surface area (Å²) in [6.45, 7) is 9.10. The second kappa shape index (κ2) is 6.21. The van der Waals surface area contributed by atoms with Crippen LogP contribution in [0.3, 0.4) is 0 Å². The van der Waals surface area contributed by atoms with Gasteiger partial charge in [0.25, 0.3) is 0 Å². The summed E-state index contributed by atoms with van der Waals surface area (Å²) in [5.41, 5.74) is 0.829. The van der Waals surface area contributed by atoms with Gasteiger partial charge in [-0.1, -0.05) is 30.4 Å². The van der Waals surface area contributed by atoms with Crippen LogP contribution in [-0.4, -0.2) is 29.1 Å². The van der Waals surface area contributed by atoms with Crippen molar-refractivity contribution in [2.75, 3.05) is 13.1 Å². The molecule has 0 radical (unpaired) electrons. The van der Waals surface area contributed by atoms with Crippen LogP contribution in [0.4, 0.5) is 0 Å². The third-order valence-corrected chi connectivity index (χ3v) is 3.02. The zero-order valence-electron chi connectivity index (χ0n) is 11.2. The van der Waals surface area contributed by atoms with Crippen molar-refractivity contribution in [3.05, 3.63) is 60.9 Å². The van der Waals surface area contributed by atoms with Gasteiger partial charge in [-0.25, -0.2) is 4.79 Å². The van der Waals surface area contributed by atoms with E-state index in [-0.39, 0.29) is 5.56 Å². The summed E-state index contributed by atoms with van der Waals surface area (Å²) in [6.07, 6.45) is 3.54. The number of carboxylic acids is 1. The van der Waals surface area contributed by atoms with Crippen LogP contribution >= 0.6 is 0 Å². The summed E-state index contributed by atoms with van der Waals surface area (Å²) >= 11 is 0. The van der Waals surface area contributed by atoms with Crippen molar-refractivity contribution in [1.82, 2.24) is 4.90 Å². The van der Waals surface area contributed by atoms with E-state index in [1.165, 1.54) is 0 Å². The highest BCUT2D eigenvalue weighted by Gasteiger charge is 2.21. The van der Waals surface area contributed by atoms with E-state index in [4.69, 9.17) is 4.42 Å². The maximum atomic E-state index is 11.5. The second-order valence-corrected chi connectivity index (χ2v) is 4.47. The molecule has 104 valence electrons. The summed E-state index contributed by atoms with van der Waals surface area (Å²) < 4.78 is 5.69. The zero-order chi connectivity index (χ0) is 14.5. The number of fused-ring (bicyclic) bond motifs is 1. The number of rotatable bonds is 7. The number of benzene rings is 1. The van der Waals surface area contributed by atoms with Crippen molar-refractivity contribution in [1.29, 1.82) is 0 Å². The lowest BCUT2D eigenvalue weighted by molar-refractivity contribution is 0.0695. The third-order valence-electron chi connectivity index (χ3n) is 3.02.